The van der Waals surface area contributed by atoms with Crippen LogP contribution >= 0.6 is 15.9 Å². The van der Waals surface area contributed by atoms with Crippen molar-refractivity contribution in [2.45, 2.75) is 26.8 Å². The SMILES string of the molecule is CCNC(c1cc(C)ccc1C)c1c(Br)cnn1C. The third kappa shape index (κ3) is 2.90. The first-order valence-electron chi connectivity index (χ1n) is 6.52. The van der Waals surface area contributed by atoms with Crippen LogP contribution in [-0.2, 0) is 7.05 Å². The standard InChI is InChI=1S/C15H20BrN3/c1-5-17-14(15-13(16)9-18-19(15)4)12-8-10(2)6-7-11(12)3/h6-9,14,17H,5H2,1-4H3. The maximum Gasteiger partial charge on any atom is 0.0762 e. The maximum absolute atomic E-state index is 4.33. The van der Waals surface area contributed by atoms with E-state index in [0.29, 0.717) is 0 Å². The zero-order valence-electron chi connectivity index (χ0n) is 11.9. The molecular weight excluding hydrogens is 302 g/mol. The van der Waals surface area contributed by atoms with Crippen LogP contribution in [0, 0.1) is 13.8 Å². The smallest absolute Gasteiger partial charge is 0.0762 e. The molecule has 1 N–H and O–H groups in total. The quantitative estimate of drug-likeness (QED) is 0.934. The van der Waals surface area contributed by atoms with Gasteiger partial charge in [0.15, 0.2) is 0 Å². The Kier molecular flexibility index (Phi) is 4.42. The topological polar surface area (TPSA) is 29.9 Å². The molecule has 0 amide bonds. The van der Waals surface area contributed by atoms with Crippen LogP contribution in [0.25, 0.3) is 0 Å². The largest absolute Gasteiger partial charge is 0.305 e. The average molecular weight is 322 g/mol. The van der Waals surface area contributed by atoms with Crippen LogP contribution < -0.4 is 5.32 Å². The highest BCUT2D eigenvalue weighted by atomic mass is 79.9. The molecule has 102 valence electrons. The first-order chi connectivity index (χ1) is 9.04. The minimum absolute atomic E-state index is 0.159. The third-order valence-corrected chi connectivity index (χ3v) is 3.98. The van der Waals surface area contributed by atoms with E-state index < -0.39 is 0 Å². The van der Waals surface area contributed by atoms with Gasteiger partial charge in [-0.25, -0.2) is 0 Å². The van der Waals surface area contributed by atoms with Gasteiger partial charge in [-0.1, -0.05) is 30.7 Å². The van der Waals surface area contributed by atoms with Crippen molar-refractivity contribution in [1.29, 1.82) is 0 Å². The van der Waals surface area contributed by atoms with Crippen molar-refractivity contribution in [1.82, 2.24) is 15.1 Å². The molecule has 1 aromatic heterocycles. The molecule has 0 aliphatic carbocycles. The molecule has 0 spiro atoms. The summed E-state index contributed by atoms with van der Waals surface area (Å²) in [5.74, 6) is 0. The van der Waals surface area contributed by atoms with Gasteiger partial charge in [-0.15, -0.1) is 0 Å². The van der Waals surface area contributed by atoms with Crippen molar-refractivity contribution in [3.63, 3.8) is 0 Å². The van der Waals surface area contributed by atoms with Gasteiger partial charge in [0.1, 0.15) is 0 Å². The lowest BCUT2D eigenvalue weighted by atomic mass is 9.96. The molecule has 1 atom stereocenters. The summed E-state index contributed by atoms with van der Waals surface area (Å²) < 4.78 is 2.97. The van der Waals surface area contributed by atoms with Crippen molar-refractivity contribution in [2.75, 3.05) is 6.54 Å². The molecule has 1 unspecified atom stereocenters. The molecule has 1 heterocycles. The first kappa shape index (κ1) is 14.3. The van der Waals surface area contributed by atoms with Crippen molar-refractivity contribution < 1.29 is 0 Å². The van der Waals surface area contributed by atoms with Crippen molar-refractivity contribution in [2.24, 2.45) is 7.05 Å². The molecule has 0 radical (unpaired) electrons. The Hall–Kier alpha value is -1.13. The van der Waals surface area contributed by atoms with Crippen LogP contribution in [0.4, 0.5) is 0 Å². The van der Waals surface area contributed by atoms with E-state index in [4.69, 9.17) is 0 Å². The van der Waals surface area contributed by atoms with Crippen LogP contribution in [-0.4, -0.2) is 16.3 Å². The molecule has 0 fully saturated rings. The van der Waals surface area contributed by atoms with E-state index in [1.807, 2.05) is 17.9 Å². The van der Waals surface area contributed by atoms with Gasteiger partial charge in [0.2, 0.25) is 0 Å². The van der Waals surface area contributed by atoms with Crippen molar-refractivity contribution in [3.05, 3.63) is 51.3 Å². The summed E-state index contributed by atoms with van der Waals surface area (Å²) >= 11 is 3.60. The fourth-order valence-electron chi connectivity index (χ4n) is 2.37. The summed E-state index contributed by atoms with van der Waals surface area (Å²) in [5, 5.41) is 7.89. The molecule has 0 aliphatic rings. The number of aryl methyl sites for hydroxylation is 3. The number of nitrogens with one attached hydrogen (secondary N) is 1. The molecular formula is C15H20BrN3. The van der Waals surface area contributed by atoms with Crippen LogP contribution in [0.15, 0.2) is 28.9 Å². The van der Waals surface area contributed by atoms with E-state index in [9.17, 15) is 0 Å². The number of halogens is 1. The number of aromatic nitrogens is 2. The lowest BCUT2D eigenvalue weighted by Crippen LogP contribution is -2.25. The zero-order chi connectivity index (χ0) is 14.0. The number of rotatable bonds is 4. The second kappa shape index (κ2) is 5.88. The van der Waals surface area contributed by atoms with Gasteiger partial charge < -0.3 is 5.32 Å². The minimum atomic E-state index is 0.159. The predicted molar refractivity (Wildman–Crippen MR) is 82.3 cm³/mol. The third-order valence-electron chi connectivity index (χ3n) is 3.37. The predicted octanol–water partition coefficient (Wildman–Crippen LogP) is 3.50. The van der Waals surface area contributed by atoms with E-state index in [-0.39, 0.29) is 6.04 Å². The second-order valence-electron chi connectivity index (χ2n) is 4.85. The Labute approximate surface area is 123 Å². The fraction of sp³-hybridized carbons (Fsp3) is 0.400. The Morgan fingerprint density at radius 2 is 2.11 bits per heavy atom. The summed E-state index contributed by atoms with van der Waals surface area (Å²) in [6.45, 7) is 7.33. The van der Waals surface area contributed by atoms with Gasteiger partial charge >= 0.3 is 0 Å². The molecule has 0 saturated carbocycles. The van der Waals surface area contributed by atoms with Gasteiger partial charge in [-0.2, -0.15) is 5.10 Å². The Bertz CT molecular complexity index is 555. The molecule has 0 aliphatic heterocycles. The highest BCUT2D eigenvalue weighted by molar-refractivity contribution is 9.10. The summed E-state index contributed by atoms with van der Waals surface area (Å²) in [4.78, 5) is 0. The summed E-state index contributed by atoms with van der Waals surface area (Å²) in [7, 11) is 1.98. The normalized spacial score (nSPS) is 12.7. The van der Waals surface area contributed by atoms with Crippen molar-refractivity contribution in [3.8, 4) is 0 Å². The van der Waals surface area contributed by atoms with Gasteiger partial charge in [0.05, 0.1) is 22.4 Å². The van der Waals surface area contributed by atoms with E-state index in [1.54, 1.807) is 0 Å². The number of hydrogen-bond donors (Lipinski definition) is 1. The Balaban J connectivity index is 2.54. The lowest BCUT2D eigenvalue weighted by molar-refractivity contribution is 0.568. The van der Waals surface area contributed by atoms with Crippen LogP contribution in [0.2, 0.25) is 0 Å². The molecule has 2 rings (SSSR count). The van der Waals surface area contributed by atoms with E-state index in [2.05, 4.69) is 65.3 Å². The van der Waals surface area contributed by atoms with Crippen LogP contribution in [0.3, 0.4) is 0 Å². The molecule has 4 heteroatoms. The van der Waals surface area contributed by atoms with E-state index in [0.717, 1.165) is 16.7 Å². The van der Waals surface area contributed by atoms with Gasteiger partial charge in [0, 0.05) is 7.05 Å². The maximum atomic E-state index is 4.33. The fourth-order valence-corrected chi connectivity index (χ4v) is 2.95. The Morgan fingerprint density at radius 3 is 2.68 bits per heavy atom. The van der Waals surface area contributed by atoms with E-state index in [1.165, 1.54) is 16.7 Å². The minimum Gasteiger partial charge on any atom is -0.305 e. The zero-order valence-corrected chi connectivity index (χ0v) is 13.5. The molecule has 0 bridgehead atoms. The molecule has 2 aromatic rings. The second-order valence-corrected chi connectivity index (χ2v) is 5.71. The van der Waals surface area contributed by atoms with Crippen LogP contribution in [0.5, 0.6) is 0 Å². The highest BCUT2D eigenvalue weighted by Crippen LogP contribution is 2.30. The van der Waals surface area contributed by atoms with Crippen LogP contribution in [0.1, 0.15) is 35.3 Å². The molecule has 1 aromatic carbocycles. The number of benzene rings is 1. The number of nitrogens with zero attached hydrogens (tertiary/aromatic N) is 2. The Morgan fingerprint density at radius 1 is 1.37 bits per heavy atom. The monoisotopic (exact) mass is 321 g/mol. The lowest BCUT2D eigenvalue weighted by Gasteiger charge is -2.22. The van der Waals surface area contributed by atoms with Crippen molar-refractivity contribution >= 4 is 15.9 Å². The average Bonchev–Trinajstić information content (AvgIpc) is 2.70. The molecule has 19 heavy (non-hydrogen) atoms. The highest BCUT2D eigenvalue weighted by Gasteiger charge is 2.21. The van der Waals surface area contributed by atoms with Gasteiger partial charge in [-0.3, -0.25) is 4.68 Å². The molecule has 0 saturated heterocycles. The summed E-state index contributed by atoms with van der Waals surface area (Å²) in [6.07, 6.45) is 1.85. The summed E-state index contributed by atoms with van der Waals surface area (Å²) in [5.41, 5.74) is 5.05. The summed E-state index contributed by atoms with van der Waals surface area (Å²) in [6, 6.07) is 6.74. The molecule has 3 nitrogen and oxygen atoms in total. The number of hydrogen-bond acceptors (Lipinski definition) is 2. The van der Waals surface area contributed by atoms with Gasteiger partial charge in [-0.05, 0) is 47.4 Å². The van der Waals surface area contributed by atoms with E-state index >= 15 is 0 Å². The first-order valence-corrected chi connectivity index (χ1v) is 7.31. The van der Waals surface area contributed by atoms with Gasteiger partial charge in [0.25, 0.3) is 0 Å².